The fourth-order valence-corrected chi connectivity index (χ4v) is 4.01. The van der Waals surface area contributed by atoms with Gasteiger partial charge in [0.05, 0.1) is 5.56 Å². The standard InChI is InChI=1S/C15H20N2O4S/c1-7-8(2)22-14(11(7)12(16)18)17-13(19)9-5-3-4-6-10(9)15(20)21/h9-10H,3-6H2,1-2H3,(H2,16,18)(H,17,19)(H,20,21)/p-1/t9-,10-/m0/s1. The van der Waals surface area contributed by atoms with Crippen molar-refractivity contribution in [1.29, 1.82) is 0 Å². The van der Waals surface area contributed by atoms with Gasteiger partial charge in [-0.3, -0.25) is 9.59 Å². The largest absolute Gasteiger partial charge is 0.550 e. The molecule has 1 aromatic heterocycles. The maximum absolute atomic E-state index is 12.4. The van der Waals surface area contributed by atoms with E-state index in [4.69, 9.17) is 5.73 Å². The van der Waals surface area contributed by atoms with Crippen LogP contribution < -0.4 is 16.2 Å². The molecule has 1 aliphatic rings. The van der Waals surface area contributed by atoms with Crippen LogP contribution in [-0.4, -0.2) is 17.8 Å². The molecular weight excluding hydrogens is 304 g/mol. The van der Waals surface area contributed by atoms with E-state index in [1.165, 1.54) is 11.3 Å². The van der Waals surface area contributed by atoms with Gasteiger partial charge in [-0.25, -0.2) is 0 Å². The Morgan fingerprint density at radius 3 is 2.32 bits per heavy atom. The van der Waals surface area contributed by atoms with Crippen LogP contribution in [0.3, 0.4) is 0 Å². The Hall–Kier alpha value is -1.89. The molecule has 1 fully saturated rings. The first kappa shape index (κ1) is 16.5. The van der Waals surface area contributed by atoms with E-state index < -0.39 is 23.7 Å². The summed E-state index contributed by atoms with van der Waals surface area (Å²) < 4.78 is 0. The lowest BCUT2D eigenvalue weighted by Crippen LogP contribution is -2.42. The van der Waals surface area contributed by atoms with E-state index in [0.717, 1.165) is 23.3 Å². The molecule has 120 valence electrons. The molecule has 2 atom stereocenters. The summed E-state index contributed by atoms with van der Waals surface area (Å²) >= 11 is 1.28. The molecule has 0 unspecified atom stereocenters. The van der Waals surface area contributed by atoms with Crippen molar-refractivity contribution in [1.82, 2.24) is 0 Å². The Balaban J connectivity index is 2.23. The number of primary amides is 1. The van der Waals surface area contributed by atoms with E-state index >= 15 is 0 Å². The molecule has 22 heavy (non-hydrogen) atoms. The zero-order chi connectivity index (χ0) is 16.4. The fraction of sp³-hybridized carbons (Fsp3) is 0.533. The smallest absolute Gasteiger partial charge is 0.251 e. The van der Waals surface area contributed by atoms with E-state index in [1.807, 2.05) is 6.92 Å². The number of amides is 2. The summed E-state index contributed by atoms with van der Waals surface area (Å²) in [7, 11) is 0. The second-order valence-corrected chi connectivity index (χ2v) is 6.88. The Labute approximate surface area is 132 Å². The van der Waals surface area contributed by atoms with Crippen molar-refractivity contribution in [3.63, 3.8) is 0 Å². The number of nitrogens with two attached hydrogens (primary N) is 1. The molecule has 1 aromatic rings. The topological polar surface area (TPSA) is 112 Å². The molecule has 2 amide bonds. The van der Waals surface area contributed by atoms with E-state index in [2.05, 4.69) is 5.32 Å². The first-order valence-corrected chi connectivity index (χ1v) is 8.06. The number of thiophene rings is 1. The van der Waals surface area contributed by atoms with Gasteiger partial charge < -0.3 is 21.0 Å². The molecule has 1 aliphatic carbocycles. The van der Waals surface area contributed by atoms with Crippen LogP contribution >= 0.6 is 11.3 Å². The predicted molar refractivity (Wildman–Crippen MR) is 81.4 cm³/mol. The Morgan fingerprint density at radius 2 is 1.77 bits per heavy atom. The summed E-state index contributed by atoms with van der Waals surface area (Å²) in [6.45, 7) is 3.61. The van der Waals surface area contributed by atoms with Crippen LogP contribution in [0, 0.1) is 25.7 Å². The molecule has 1 saturated carbocycles. The van der Waals surface area contributed by atoms with Gasteiger partial charge >= 0.3 is 0 Å². The lowest BCUT2D eigenvalue weighted by molar-refractivity contribution is -0.313. The van der Waals surface area contributed by atoms with Gasteiger partial charge in [-0.2, -0.15) is 0 Å². The van der Waals surface area contributed by atoms with Gasteiger partial charge in [0.15, 0.2) is 0 Å². The molecule has 0 aromatic carbocycles. The third kappa shape index (κ3) is 3.14. The van der Waals surface area contributed by atoms with E-state index in [9.17, 15) is 19.5 Å². The SMILES string of the molecule is Cc1sc(NC(=O)[C@H]2CCCC[C@@H]2C(=O)[O-])c(C(N)=O)c1C. The number of anilines is 1. The monoisotopic (exact) mass is 323 g/mol. The van der Waals surface area contributed by atoms with E-state index in [1.54, 1.807) is 6.92 Å². The van der Waals surface area contributed by atoms with Crippen molar-refractivity contribution >= 4 is 34.1 Å². The average Bonchev–Trinajstić information content (AvgIpc) is 2.73. The molecule has 3 N–H and O–H groups in total. The fourth-order valence-electron chi connectivity index (χ4n) is 2.94. The van der Waals surface area contributed by atoms with Gasteiger partial charge in [0.1, 0.15) is 5.00 Å². The Kier molecular flexibility index (Phi) is 4.85. The lowest BCUT2D eigenvalue weighted by Gasteiger charge is -2.31. The molecule has 0 aliphatic heterocycles. The number of nitrogens with one attached hydrogen (secondary N) is 1. The van der Waals surface area contributed by atoms with Crippen LogP contribution in [0.15, 0.2) is 0 Å². The molecule has 2 rings (SSSR count). The zero-order valence-corrected chi connectivity index (χ0v) is 13.4. The van der Waals surface area contributed by atoms with Gasteiger partial charge in [-0.05, 0) is 32.3 Å². The normalized spacial score (nSPS) is 21.4. The molecule has 6 nitrogen and oxygen atoms in total. The van der Waals surface area contributed by atoms with Crippen LogP contribution in [0.25, 0.3) is 0 Å². The molecule has 0 radical (unpaired) electrons. The second kappa shape index (κ2) is 6.48. The Bertz CT molecular complexity index is 623. The second-order valence-electron chi connectivity index (χ2n) is 5.66. The summed E-state index contributed by atoms with van der Waals surface area (Å²) in [6.07, 6.45) is 2.56. The highest BCUT2D eigenvalue weighted by Gasteiger charge is 2.32. The zero-order valence-electron chi connectivity index (χ0n) is 12.6. The summed E-state index contributed by atoms with van der Waals surface area (Å²) in [6, 6.07) is 0. The third-order valence-corrected chi connectivity index (χ3v) is 5.40. The van der Waals surface area contributed by atoms with E-state index in [0.29, 0.717) is 23.4 Å². The number of carbonyl (C=O) groups is 3. The number of hydrogen-bond acceptors (Lipinski definition) is 5. The van der Waals surface area contributed by atoms with Crippen molar-refractivity contribution in [2.45, 2.75) is 39.5 Å². The van der Waals surface area contributed by atoms with Crippen molar-refractivity contribution in [2.75, 3.05) is 5.32 Å². The predicted octanol–water partition coefficient (Wildman–Crippen LogP) is 0.959. The number of hydrogen-bond donors (Lipinski definition) is 2. The third-order valence-electron chi connectivity index (χ3n) is 4.27. The first-order valence-electron chi connectivity index (χ1n) is 7.24. The summed E-state index contributed by atoms with van der Waals surface area (Å²) in [5, 5.41) is 14.3. The van der Waals surface area contributed by atoms with Gasteiger partial charge in [0, 0.05) is 22.7 Å². The molecule has 0 saturated heterocycles. The van der Waals surface area contributed by atoms with Gasteiger partial charge in [0.2, 0.25) is 5.91 Å². The number of carboxylic acids is 1. The lowest BCUT2D eigenvalue weighted by atomic mass is 9.79. The number of carbonyl (C=O) groups excluding carboxylic acids is 3. The average molecular weight is 323 g/mol. The molecule has 1 heterocycles. The van der Waals surface area contributed by atoms with Gasteiger partial charge in [0.25, 0.3) is 5.91 Å². The van der Waals surface area contributed by atoms with Crippen LogP contribution in [0.5, 0.6) is 0 Å². The molecule has 0 bridgehead atoms. The van der Waals surface area contributed by atoms with Crippen LogP contribution in [0.4, 0.5) is 5.00 Å². The summed E-state index contributed by atoms with van der Waals surface area (Å²) in [4.78, 5) is 36.1. The molecular formula is C15H19N2O4S-. The van der Waals surface area contributed by atoms with Crippen LogP contribution in [0.1, 0.15) is 46.5 Å². The summed E-state index contributed by atoms with van der Waals surface area (Å²) in [5.74, 6) is -3.56. The highest BCUT2D eigenvalue weighted by atomic mass is 32.1. The minimum absolute atomic E-state index is 0.302. The maximum Gasteiger partial charge on any atom is 0.251 e. The maximum atomic E-state index is 12.4. The van der Waals surface area contributed by atoms with Crippen LogP contribution in [0.2, 0.25) is 0 Å². The van der Waals surface area contributed by atoms with Crippen molar-refractivity contribution in [3.05, 3.63) is 16.0 Å². The first-order chi connectivity index (χ1) is 10.3. The van der Waals surface area contributed by atoms with Crippen molar-refractivity contribution in [2.24, 2.45) is 17.6 Å². The number of aryl methyl sites for hydroxylation is 1. The van der Waals surface area contributed by atoms with E-state index in [-0.39, 0.29) is 5.91 Å². The molecule has 0 spiro atoms. The highest BCUT2D eigenvalue weighted by molar-refractivity contribution is 7.16. The van der Waals surface area contributed by atoms with Gasteiger partial charge in [-0.15, -0.1) is 11.3 Å². The number of rotatable bonds is 4. The minimum atomic E-state index is -1.19. The Morgan fingerprint density at radius 1 is 1.18 bits per heavy atom. The quantitative estimate of drug-likeness (QED) is 0.859. The highest BCUT2D eigenvalue weighted by Crippen LogP contribution is 2.35. The van der Waals surface area contributed by atoms with Gasteiger partial charge in [-0.1, -0.05) is 12.8 Å². The van der Waals surface area contributed by atoms with Crippen LogP contribution in [-0.2, 0) is 9.59 Å². The molecule has 7 heteroatoms. The number of aliphatic carboxylic acids is 1. The van der Waals surface area contributed by atoms with Crippen molar-refractivity contribution < 1.29 is 19.5 Å². The minimum Gasteiger partial charge on any atom is -0.550 e. The van der Waals surface area contributed by atoms with Crippen molar-refractivity contribution in [3.8, 4) is 0 Å². The summed E-state index contributed by atoms with van der Waals surface area (Å²) in [5.41, 5.74) is 6.42. The number of carboxylic acid groups (broad SMARTS) is 1.